The van der Waals surface area contributed by atoms with Crippen molar-refractivity contribution in [2.24, 2.45) is 0 Å². The van der Waals surface area contributed by atoms with Gasteiger partial charge < -0.3 is 10.1 Å². The molecule has 24 heavy (non-hydrogen) atoms. The third-order valence-electron chi connectivity index (χ3n) is 3.13. The number of aryl methyl sites for hydroxylation is 1. The number of hydrogen-bond donors (Lipinski definition) is 1. The Kier molecular flexibility index (Phi) is 5.05. The summed E-state index contributed by atoms with van der Waals surface area (Å²) in [7, 11) is 0. The van der Waals surface area contributed by atoms with Gasteiger partial charge in [-0.25, -0.2) is 0 Å². The largest absolute Gasteiger partial charge is 0.477 e. The number of carbonyl (C=O) groups excluding carboxylic acids is 1. The highest BCUT2D eigenvalue weighted by molar-refractivity contribution is 5.95. The average molecular weight is 331 g/mol. The summed E-state index contributed by atoms with van der Waals surface area (Å²) in [4.78, 5) is 32.6. The van der Waals surface area contributed by atoms with Crippen LogP contribution < -0.4 is 10.1 Å². The van der Waals surface area contributed by atoms with E-state index in [1.807, 2.05) is 0 Å². The number of nitro groups is 2. The molecule has 0 fully saturated rings. The lowest BCUT2D eigenvalue weighted by Crippen LogP contribution is -2.21. The lowest BCUT2D eigenvalue weighted by Gasteiger charge is -2.10. The number of ether oxygens (including phenoxy) is 1. The van der Waals surface area contributed by atoms with Gasteiger partial charge in [0, 0.05) is 12.1 Å². The van der Waals surface area contributed by atoms with Gasteiger partial charge in [0.05, 0.1) is 9.85 Å². The highest BCUT2D eigenvalue weighted by Gasteiger charge is 2.19. The second-order valence-corrected chi connectivity index (χ2v) is 4.79. The number of amides is 1. The van der Waals surface area contributed by atoms with Crippen LogP contribution in [0.1, 0.15) is 5.56 Å². The Hall–Kier alpha value is -3.49. The molecule has 0 atom stereocenters. The molecule has 0 radical (unpaired) electrons. The van der Waals surface area contributed by atoms with Gasteiger partial charge in [-0.05, 0) is 18.6 Å². The zero-order chi connectivity index (χ0) is 17.7. The Balaban J connectivity index is 2.11. The van der Waals surface area contributed by atoms with Gasteiger partial charge in [-0.3, -0.25) is 25.0 Å². The van der Waals surface area contributed by atoms with Crippen LogP contribution in [0.5, 0.6) is 5.75 Å². The Bertz CT molecular complexity index is 806. The van der Waals surface area contributed by atoms with E-state index in [2.05, 4.69) is 5.32 Å². The van der Waals surface area contributed by atoms with Gasteiger partial charge in [-0.1, -0.05) is 24.3 Å². The van der Waals surface area contributed by atoms with Crippen LogP contribution in [-0.4, -0.2) is 22.4 Å². The summed E-state index contributed by atoms with van der Waals surface area (Å²) >= 11 is 0. The van der Waals surface area contributed by atoms with E-state index < -0.39 is 22.4 Å². The fraction of sp³-hybridized carbons (Fsp3) is 0.133. The lowest BCUT2D eigenvalue weighted by molar-refractivity contribution is -0.385. The van der Waals surface area contributed by atoms with Gasteiger partial charge in [0.2, 0.25) is 0 Å². The fourth-order valence-electron chi connectivity index (χ4n) is 2.02. The summed E-state index contributed by atoms with van der Waals surface area (Å²) in [6.07, 6.45) is 0. The van der Waals surface area contributed by atoms with Gasteiger partial charge >= 0.3 is 5.69 Å². The minimum atomic E-state index is -0.662. The number of nitrogens with zero attached hydrogens (tertiary/aromatic N) is 2. The molecular formula is C15H13N3O6. The average Bonchev–Trinajstić information content (AvgIpc) is 2.54. The Morgan fingerprint density at radius 2 is 1.67 bits per heavy atom. The molecule has 1 amide bonds. The Morgan fingerprint density at radius 3 is 2.33 bits per heavy atom. The maximum Gasteiger partial charge on any atom is 0.310 e. The van der Waals surface area contributed by atoms with Crippen LogP contribution in [-0.2, 0) is 4.79 Å². The third kappa shape index (κ3) is 3.83. The van der Waals surface area contributed by atoms with E-state index in [1.165, 1.54) is 36.4 Å². The van der Waals surface area contributed by atoms with E-state index in [1.54, 1.807) is 13.0 Å². The van der Waals surface area contributed by atoms with Crippen molar-refractivity contribution in [2.45, 2.75) is 6.92 Å². The van der Waals surface area contributed by atoms with Crippen LogP contribution in [0.4, 0.5) is 17.1 Å². The maximum atomic E-state index is 12.0. The fourth-order valence-corrected chi connectivity index (χ4v) is 2.02. The molecule has 0 spiro atoms. The van der Waals surface area contributed by atoms with E-state index in [4.69, 9.17) is 4.74 Å². The molecule has 0 aliphatic heterocycles. The second-order valence-electron chi connectivity index (χ2n) is 4.79. The molecule has 0 unspecified atom stereocenters. The zero-order valence-electron chi connectivity index (χ0n) is 12.6. The molecular weight excluding hydrogens is 318 g/mol. The van der Waals surface area contributed by atoms with Crippen molar-refractivity contribution in [2.75, 3.05) is 11.9 Å². The van der Waals surface area contributed by atoms with Crippen molar-refractivity contribution in [1.82, 2.24) is 0 Å². The van der Waals surface area contributed by atoms with Crippen molar-refractivity contribution < 1.29 is 19.4 Å². The molecule has 0 bridgehead atoms. The molecule has 2 aromatic carbocycles. The van der Waals surface area contributed by atoms with Gasteiger partial charge in [-0.2, -0.15) is 0 Å². The summed E-state index contributed by atoms with van der Waals surface area (Å²) < 4.78 is 5.15. The smallest absolute Gasteiger partial charge is 0.310 e. The molecule has 2 aromatic rings. The highest BCUT2D eigenvalue weighted by Crippen LogP contribution is 2.28. The van der Waals surface area contributed by atoms with Crippen LogP contribution in [0.25, 0.3) is 0 Å². The van der Waals surface area contributed by atoms with Crippen LogP contribution >= 0.6 is 0 Å². The molecule has 9 heteroatoms. The number of carbonyl (C=O) groups is 1. The van der Waals surface area contributed by atoms with Crippen molar-refractivity contribution in [3.63, 3.8) is 0 Å². The molecule has 0 aliphatic carbocycles. The first kappa shape index (κ1) is 16.9. The van der Waals surface area contributed by atoms with E-state index in [-0.39, 0.29) is 22.8 Å². The van der Waals surface area contributed by atoms with Crippen molar-refractivity contribution >= 4 is 23.0 Å². The van der Waals surface area contributed by atoms with Crippen LogP contribution in [0.2, 0.25) is 0 Å². The summed E-state index contributed by atoms with van der Waals surface area (Å²) in [5.74, 6) is -0.720. The van der Waals surface area contributed by atoms with Crippen molar-refractivity contribution in [3.05, 3.63) is 68.3 Å². The minimum Gasteiger partial charge on any atom is -0.477 e. The standard InChI is InChI=1S/C15H13N3O6/c1-10-5-4-7-12(18(22)23)15(10)16-14(19)9-24-13-8-3-2-6-11(13)17(20)21/h2-8H,9H2,1H3,(H,16,19). The van der Waals surface area contributed by atoms with Crippen molar-refractivity contribution in [3.8, 4) is 5.75 Å². The SMILES string of the molecule is Cc1cccc([N+](=O)[O-])c1NC(=O)COc1ccccc1[N+](=O)[O-]. The number of hydrogen-bond acceptors (Lipinski definition) is 6. The molecule has 0 heterocycles. The Morgan fingerprint density at radius 1 is 1.04 bits per heavy atom. The molecule has 0 saturated heterocycles. The number of nitro benzene ring substituents is 2. The zero-order valence-corrected chi connectivity index (χ0v) is 12.6. The van der Waals surface area contributed by atoms with Crippen LogP contribution in [0.15, 0.2) is 42.5 Å². The van der Waals surface area contributed by atoms with Gasteiger partial charge in [-0.15, -0.1) is 0 Å². The minimum absolute atomic E-state index is 0.0584. The summed E-state index contributed by atoms with van der Waals surface area (Å²) in [5, 5.41) is 24.3. The monoisotopic (exact) mass is 331 g/mol. The molecule has 2 rings (SSSR count). The van der Waals surface area contributed by atoms with Crippen LogP contribution in [0.3, 0.4) is 0 Å². The second kappa shape index (κ2) is 7.18. The summed E-state index contributed by atoms with van der Waals surface area (Å²) in [6.45, 7) is 1.10. The topological polar surface area (TPSA) is 125 Å². The van der Waals surface area contributed by atoms with Gasteiger partial charge in [0.1, 0.15) is 5.69 Å². The molecule has 0 saturated carbocycles. The first-order chi connectivity index (χ1) is 11.4. The molecule has 1 N–H and O–H groups in total. The number of benzene rings is 2. The first-order valence-corrected chi connectivity index (χ1v) is 6.80. The maximum absolute atomic E-state index is 12.0. The molecule has 124 valence electrons. The quantitative estimate of drug-likeness (QED) is 0.641. The lowest BCUT2D eigenvalue weighted by atomic mass is 10.1. The normalized spacial score (nSPS) is 10.0. The van der Waals surface area contributed by atoms with Gasteiger partial charge in [0.25, 0.3) is 11.6 Å². The highest BCUT2D eigenvalue weighted by atomic mass is 16.6. The first-order valence-electron chi connectivity index (χ1n) is 6.80. The molecule has 9 nitrogen and oxygen atoms in total. The number of para-hydroxylation sites is 3. The van der Waals surface area contributed by atoms with Gasteiger partial charge in [0.15, 0.2) is 12.4 Å². The van der Waals surface area contributed by atoms with E-state index >= 15 is 0 Å². The van der Waals surface area contributed by atoms with Crippen molar-refractivity contribution in [1.29, 1.82) is 0 Å². The van der Waals surface area contributed by atoms with E-state index in [9.17, 15) is 25.0 Å². The molecule has 0 aliphatic rings. The number of rotatable bonds is 6. The van der Waals surface area contributed by atoms with E-state index in [0.29, 0.717) is 5.56 Å². The Labute approximate surface area is 136 Å². The third-order valence-corrected chi connectivity index (χ3v) is 3.13. The number of nitrogens with one attached hydrogen (secondary N) is 1. The van der Waals surface area contributed by atoms with E-state index in [0.717, 1.165) is 0 Å². The summed E-state index contributed by atoms with van der Waals surface area (Å²) in [6, 6.07) is 10.0. The predicted molar refractivity (Wildman–Crippen MR) is 85.1 cm³/mol. The molecule has 0 aromatic heterocycles. The predicted octanol–water partition coefficient (Wildman–Crippen LogP) is 2.83. The van der Waals surface area contributed by atoms with Crippen LogP contribution in [0, 0.1) is 27.2 Å². The number of anilines is 1. The summed E-state index contributed by atoms with van der Waals surface area (Å²) in [5.41, 5.74) is 0.0723.